The van der Waals surface area contributed by atoms with Crippen molar-refractivity contribution in [2.24, 2.45) is 0 Å². The molecule has 1 N–H and O–H groups in total. The van der Waals surface area contributed by atoms with E-state index in [1.807, 2.05) is 65.6 Å². The normalized spacial score (nSPS) is 17.0. The van der Waals surface area contributed by atoms with E-state index in [1.54, 1.807) is 0 Å². The Morgan fingerprint density at radius 3 is 2.36 bits per heavy atom. The maximum absolute atomic E-state index is 13.4. The van der Waals surface area contributed by atoms with Crippen molar-refractivity contribution in [3.8, 4) is 0 Å². The molecule has 2 atom stereocenters. The van der Waals surface area contributed by atoms with Gasteiger partial charge in [-0.05, 0) is 59.9 Å². The summed E-state index contributed by atoms with van der Waals surface area (Å²) in [7, 11) is 0. The minimum Gasteiger partial charge on any atom is -0.360 e. The molecule has 1 heterocycles. The van der Waals surface area contributed by atoms with Crippen molar-refractivity contribution in [1.82, 2.24) is 0 Å². The van der Waals surface area contributed by atoms with Gasteiger partial charge in [0.25, 0.3) is 5.91 Å². The van der Waals surface area contributed by atoms with Crippen molar-refractivity contribution in [2.75, 3.05) is 10.2 Å². The van der Waals surface area contributed by atoms with Gasteiger partial charge in [0, 0.05) is 16.4 Å². The minimum atomic E-state index is -0.297. The summed E-state index contributed by atoms with van der Waals surface area (Å²) >= 11 is 6.07. The number of nitrogens with one attached hydrogen (secondary N) is 1. The summed E-state index contributed by atoms with van der Waals surface area (Å²) < 4.78 is 0. The second kappa shape index (κ2) is 7.69. The van der Waals surface area contributed by atoms with Crippen LogP contribution < -0.4 is 10.2 Å². The average molecular weight is 391 g/mol. The molecule has 0 fully saturated rings. The summed E-state index contributed by atoms with van der Waals surface area (Å²) in [5.74, 6) is 0.489. The summed E-state index contributed by atoms with van der Waals surface area (Å²) in [5, 5.41) is 4.20. The molecule has 3 nitrogen and oxygen atoms in total. The highest BCUT2D eigenvalue weighted by Crippen LogP contribution is 2.37. The van der Waals surface area contributed by atoms with Crippen LogP contribution in [0.25, 0.3) is 0 Å². The smallest absolute Gasteiger partial charge is 0.262 e. The lowest BCUT2D eigenvalue weighted by Crippen LogP contribution is -2.43. The first-order valence-corrected chi connectivity index (χ1v) is 10.0. The third-order valence-electron chi connectivity index (χ3n) is 5.47. The first-order valence-electron chi connectivity index (χ1n) is 9.63. The van der Waals surface area contributed by atoms with Crippen LogP contribution in [0.3, 0.4) is 0 Å². The molecule has 0 saturated carbocycles. The molecular weight excluding hydrogens is 368 g/mol. The number of fused-ring (bicyclic) bond motifs is 1. The first-order chi connectivity index (χ1) is 13.6. The molecule has 0 bridgehead atoms. The molecular formula is C24H23ClN2O. The van der Waals surface area contributed by atoms with Gasteiger partial charge in [0.1, 0.15) is 6.17 Å². The number of rotatable bonds is 4. The van der Waals surface area contributed by atoms with Crippen molar-refractivity contribution < 1.29 is 4.79 Å². The van der Waals surface area contributed by atoms with Gasteiger partial charge >= 0.3 is 0 Å². The molecule has 3 aromatic rings. The quantitative estimate of drug-likeness (QED) is 0.542. The number of hydrogen-bond donors (Lipinski definition) is 1. The second-order valence-electron chi connectivity index (χ2n) is 7.22. The molecule has 0 saturated heterocycles. The number of amides is 1. The Kier molecular flexibility index (Phi) is 5.10. The van der Waals surface area contributed by atoms with Crippen molar-refractivity contribution in [2.45, 2.75) is 32.4 Å². The highest BCUT2D eigenvalue weighted by atomic mass is 35.5. The van der Waals surface area contributed by atoms with Crippen LogP contribution in [0.15, 0.2) is 72.8 Å². The number of anilines is 2. The van der Waals surface area contributed by atoms with Gasteiger partial charge in [0.05, 0.1) is 5.56 Å². The SMILES string of the molecule is CC[C@H](C)c1ccc(N2C(=O)c3ccccc3N[C@H]2c2ccc(Cl)cc2)cc1. The Bertz CT molecular complexity index is 982. The van der Waals surface area contributed by atoms with Gasteiger partial charge in [-0.25, -0.2) is 0 Å². The molecule has 1 aliphatic heterocycles. The minimum absolute atomic E-state index is 0.00871. The van der Waals surface area contributed by atoms with Crippen LogP contribution in [-0.2, 0) is 0 Å². The van der Waals surface area contributed by atoms with E-state index in [0.717, 1.165) is 23.4 Å². The van der Waals surface area contributed by atoms with E-state index in [9.17, 15) is 4.79 Å². The van der Waals surface area contributed by atoms with E-state index in [2.05, 4.69) is 31.3 Å². The van der Waals surface area contributed by atoms with Gasteiger partial charge in [-0.15, -0.1) is 0 Å². The Hall–Kier alpha value is -2.78. The van der Waals surface area contributed by atoms with Crippen molar-refractivity contribution >= 4 is 28.9 Å². The van der Waals surface area contributed by atoms with Crippen LogP contribution in [0.5, 0.6) is 0 Å². The number of benzene rings is 3. The van der Waals surface area contributed by atoms with Gasteiger partial charge < -0.3 is 5.32 Å². The van der Waals surface area contributed by atoms with Crippen LogP contribution in [0.4, 0.5) is 11.4 Å². The Labute approximate surface area is 171 Å². The lowest BCUT2D eigenvalue weighted by Gasteiger charge is -2.38. The van der Waals surface area contributed by atoms with E-state index >= 15 is 0 Å². The van der Waals surface area contributed by atoms with Crippen molar-refractivity contribution in [1.29, 1.82) is 0 Å². The number of hydrogen-bond acceptors (Lipinski definition) is 2. The number of carbonyl (C=O) groups is 1. The number of carbonyl (C=O) groups excluding carboxylic acids is 1. The number of para-hydroxylation sites is 1. The van der Waals surface area contributed by atoms with E-state index in [4.69, 9.17) is 11.6 Å². The maximum atomic E-state index is 13.4. The van der Waals surface area contributed by atoms with E-state index in [0.29, 0.717) is 16.5 Å². The van der Waals surface area contributed by atoms with Crippen LogP contribution in [-0.4, -0.2) is 5.91 Å². The largest absolute Gasteiger partial charge is 0.360 e. The molecule has 0 spiro atoms. The van der Waals surface area contributed by atoms with E-state index in [-0.39, 0.29) is 12.1 Å². The summed E-state index contributed by atoms with van der Waals surface area (Å²) in [6, 6.07) is 23.6. The summed E-state index contributed by atoms with van der Waals surface area (Å²) in [6.45, 7) is 4.40. The monoisotopic (exact) mass is 390 g/mol. The van der Waals surface area contributed by atoms with Gasteiger partial charge in [-0.3, -0.25) is 9.69 Å². The van der Waals surface area contributed by atoms with Crippen LogP contribution in [0.2, 0.25) is 5.02 Å². The molecule has 4 rings (SSSR count). The summed E-state index contributed by atoms with van der Waals surface area (Å²) in [6.07, 6.45) is 0.791. The molecule has 0 radical (unpaired) electrons. The molecule has 142 valence electrons. The predicted octanol–water partition coefficient (Wildman–Crippen LogP) is 6.62. The van der Waals surface area contributed by atoms with Gasteiger partial charge in [0.15, 0.2) is 0 Å². The summed E-state index contributed by atoms with van der Waals surface area (Å²) in [4.78, 5) is 15.2. The molecule has 28 heavy (non-hydrogen) atoms. The fraction of sp³-hybridized carbons (Fsp3) is 0.208. The van der Waals surface area contributed by atoms with Crippen molar-refractivity contribution in [3.05, 3.63) is 94.5 Å². The average Bonchev–Trinajstić information content (AvgIpc) is 2.74. The maximum Gasteiger partial charge on any atom is 0.262 e. The molecule has 0 unspecified atom stereocenters. The second-order valence-corrected chi connectivity index (χ2v) is 7.66. The van der Waals surface area contributed by atoms with Crippen LogP contribution in [0, 0.1) is 0 Å². The Morgan fingerprint density at radius 2 is 1.68 bits per heavy atom. The lowest BCUT2D eigenvalue weighted by atomic mass is 9.97. The molecule has 1 amide bonds. The van der Waals surface area contributed by atoms with E-state index < -0.39 is 0 Å². The highest BCUT2D eigenvalue weighted by Gasteiger charge is 2.33. The molecule has 1 aliphatic rings. The van der Waals surface area contributed by atoms with Crippen LogP contribution in [0.1, 0.15) is 53.8 Å². The van der Waals surface area contributed by atoms with Gasteiger partial charge in [-0.2, -0.15) is 0 Å². The fourth-order valence-electron chi connectivity index (χ4n) is 3.60. The Balaban J connectivity index is 1.78. The molecule has 3 aromatic carbocycles. The van der Waals surface area contributed by atoms with Crippen molar-refractivity contribution in [3.63, 3.8) is 0 Å². The number of nitrogens with zero attached hydrogens (tertiary/aromatic N) is 1. The van der Waals surface area contributed by atoms with Gasteiger partial charge in [0.2, 0.25) is 0 Å². The molecule has 0 aromatic heterocycles. The first kappa shape index (κ1) is 18.6. The highest BCUT2D eigenvalue weighted by molar-refractivity contribution is 6.30. The lowest BCUT2D eigenvalue weighted by molar-refractivity contribution is 0.0975. The fourth-order valence-corrected chi connectivity index (χ4v) is 3.72. The standard InChI is InChI=1S/C24H23ClN2O/c1-3-16(2)17-10-14-20(15-11-17)27-23(18-8-12-19(25)13-9-18)26-22-7-5-4-6-21(22)24(27)28/h4-16,23,26H,3H2,1-2H3/t16-,23+/m0/s1. The topological polar surface area (TPSA) is 32.3 Å². The zero-order valence-corrected chi connectivity index (χ0v) is 16.8. The third kappa shape index (κ3) is 3.38. The third-order valence-corrected chi connectivity index (χ3v) is 5.72. The zero-order valence-electron chi connectivity index (χ0n) is 16.0. The molecule has 4 heteroatoms. The zero-order chi connectivity index (χ0) is 19.7. The van der Waals surface area contributed by atoms with Gasteiger partial charge in [-0.1, -0.05) is 61.8 Å². The Morgan fingerprint density at radius 1 is 1.00 bits per heavy atom. The molecule has 0 aliphatic carbocycles. The summed E-state index contributed by atoms with van der Waals surface area (Å²) in [5.41, 5.74) is 4.67. The van der Waals surface area contributed by atoms with Crippen LogP contribution >= 0.6 is 11.6 Å². The van der Waals surface area contributed by atoms with E-state index in [1.165, 1.54) is 5.56 Å². The predicted molar refractivity (Wildman–Crippen MR) is 116 cm³/mol. The number of halogens is 1.